The van der Waals surface area contributed by atoms with Gasteiger partial charge in [-0.15, -0.1) is 0 Å². The quantitative estimate of drug-likeness (QED) is 0.909. The Labute approximate surface area is 130 Å². The molecule has 0 aliphatic carbocycles. The first-order valence-corrected chi connectivity index (χ1v) is 9.54. The van der Waals surface area contributed by atoms with E-state index in [1.165, 1.54) is 6.26 Å². The van der Waals surface area contributed by atoms with Crippen molar-refractivity contribution in [2.45, 2.75) is 19.4 Å². The van der Waals surface area contributed by atoms with Gasteiger partial charge in [0.15, 0.2) is 5.76 Å². The van der Waals surface area contributed by atoms with Gasteiger partial charge >= 0.3 is 0 Å². The van der Waals surface area contributed by atoms with Crippen LogP contribution in [-0.2, 0) is 16.4 Å². The Kier molecular flexibility index (Phi) is 4.35. The van der Waals surface area contributed by atoms with Crippen LogP contribution < -0.4 is 0 Å². The number of nitrogens with one attached hydrogen (secondary N) is 1. The topological polar surface area (TPSA) is 79.2 Å². The van der Waals surface area contributed by atoms with Crippen LogP contribution in [0.2, 0.25) is 0 Å². The Morgan fingerprint density at radius 1 is 1.41 bits per heavy atom. The van der Waals surface area contributed by atoms with Crippen LogP contribution in [-0.4, -0.2) is 48.6 Å². The van der Waals surface area contributed by atoms with Gasteiger partial charge in [-0.05, 0) is 43.5 Å². The Hall–Kier alpha value is -1.60. The van der Waals surface area contributed by atoms with Gasteiger partial charge in [-0.2, -0.15) is 5.10 Å². The van der Waals surface area contributed by atoms with Gasteiger partial charge in [-0.3, -0.25) is 10.00 Å². The highest BCUT2D eigenvalue weighted by Gasteiger charge is 2.23. The number of likely N-dealkylation sites (tertiary alicyclic amines) is 1. The molecule has 0 aromatic carbocycles. The van der Waals surface area contributed by atoms with E-state index >= 15 is 0 Å². The number of piperidine rings is 1. The van der Waals surface area contributed by atoms with Crippen LogP contribution >= 0.6 is 0 Å². The van der Waals surface area contributed by atoms with E-state index in [-0.39, 0.29) is 11.7 Å². The molecule has 120 valence electrons. The molecule has 0 unspecified atom stereocenters. The van der Waals surface area contributed by atoms with Crippen molar-refractivity contribution in [2.75, 3.05) is 25.1 Å². The summed E-state index contributed by atoms with van der Waals surface area (Å²) in [7, 11) is -2.91. The molecule has 3 heterocycles. The average molecular weight is 323 g/mol. The van der Waals surface area contributed by atoms with Crippen molar-refractivity contribution in [3.63, 3.8) is 0 Å². The molecule has 0 amide bonds. The van der Waals surface area contributed by atoms with Crippen LogP contribution in [0, 0.1) is 5.92 Å². The average Bonchev–Trinajstić information content (AvgIpc) is 3.07. The van der Waals surface area contributed by atoms with Gasteiger partial charge in [0, 0.05) is 19.0 Å². The lowest BCUT2D eigenvalue weighted by Gasteiger charge is -2.31. The second kappa shape index (κ2) is 6.26. The largest absolute Gasteiger partial charge is 0.458 e. The number of sulfone groups is 1. The maximum absolute atomic E-state index is 11.5. The van der Waals surface area contributed by atoms with Gasteiger partial charge in [0.2, 0.25) is 0 Å². The van der Waals surface area contributed by atoms with E-state index in [0.717, 1.165) is 43.1 Å². The Morgan fingerprint density at radius 3 is 3.00 bits per heavy atom. The third-order valence-electron chi connectivity index (χ3n) is 3.95. The Balaban J connectivity index is 1.61. The zero-order chi connectivity index (χ0) is 15.6. The number of aromatic amines is 1. The minimum absolute atomic E-state index is 0.228. The van der Waals surface area contributed by atoms with Crippen molar-refractivity contribution >= 4 is 9.84 Å². The van der Waals surface area contributed by atoms with Crippen molar-refractivity contribution in [1.29, 1.82) is 0 Å². The van der Waals surface area contributed by atoms with E-state index in [1.807, 2.05) is 18.2 Å². The number of rotatable bonds is 5. The van der Waals surface area contributed by atoms with Gasteiger partial charge in [-0.25, -0.2) is 8.42 Å². The van der Waals surface area contributed by atoms with Crippen LogP contribution in [0.4, 0.5) is 0 Å². The molecule has 0 radical (unpaired) electrons. The first kappa shape index (κ1) is 15.3. The molecular weight excluding hydrogens is 302 g/mol. The highest BCUT2D eigenvalue weighted by Crippen LogP contribution is 2.23. The predicted octanol–water partition coefficient (Wildman–Crippen LogP) is 1.93. The molecule has 1 fully saturated rings. The predicted molar refractivity (Wildman–Crippen MR) is 84.0 cm³/mol. The van der Waals surface area contributed by atoms with Crippen LogP contribution in [0.15, 0.2) is 28.8 Å². The van der Waals surface area contributed by atoms with Crippen molar-refractivity contribution in [1.82, 2.24) is 15.1 Å². The van der Waals surface area contributed by atoms with Crippen molar-refractivity contribution in [3.8, 4) is 11.5 Å². The lowest BCUT2D eigenvalue weighted by molar-refractivity contribution is 0.167. The summed E-state index contributed by atoms with van der Waals surface area (Å²) in [6.07, 6.45) is 5.03. The highest BCUT2D eigenvalue weighted by atomic mass is 32.2. The first-order chi connectivity index (χ1) is 10.5. The molecule has 0 spiro atoms. The van der Waals surface area contributed by atoms with Crippen LogP contribution in [0.1, 0.15) is 18.6 Å². The molecule has 22 heavy (non-hydrogen) atoms. The normalized spacial score (nSPS) is 20.3. The fourth-order valence-electron chi connectivity index (χ4n) is 3.08. The molecule has 6 nitrogen and oxygen atoms in total. The number of aromatic nitrogens is 2. The summed E-state index contributed by atoms with van der Waals surface area (Å²) in [6, 6.07) is 5.77. The lowest BCUT2D eigenvalue weighted by atomic mass is 10.00. The molecule has 1 aliphatic rings. The molecule has 1 aliphatic heterocycles. The summed E-state index contributed by atoms with van der Waals surface area (Å²) in [5.74, 6) is 2.17. The number of hydrogen-bond acceptors (Lipinski definition) is 5. The minimum Gasteiger partial charge on any atom is -0.458 e. The van der Waals surface area contributed by atoms with E-state index < -0.39 is 9.84 Å². The number of H-pyrrole nitrogens is 1. The summed E-state index contributed by atoms with van der Waals surface area (Å²) in [5.41, 5.74) is 0.861. The molecule has 2 aromatic heterocycles. The van der Waals surface area contributed by atoms with E-state index in [4.69, 9.17) is 4.42 Å². The van der Waals surface area contributed by atoms with Gasteiger partial charge < -0.3 is 4.42 Å². The molecule has 3 rings (SSSR count). The summed E-state index contributed by atoms with van der Waals surface area (Å²) >= 11 is 0. The SMILES string of the molecule is CS(=O)(=O)C[C@@H]1CCCN(Cc2ccc(-c3ccn[nH]3)o2)C1. The molecule has 1 saturated heterocycles. The van der Waals surface area contributed by atoms with Crippen molar-refractivity contribution in [3.05, 3.63) is 30.2 Å². The number of hydrogen-bond donors (Lipinski definition) is 1. The van der Waals surface area contributed by atoms with Gasteiger partial charge in [0.05, 0.1) is 12.3 Å². The fraction of sp³-hybridized carbons (Fsp3) is 0.533. The Bertz CT molecular complexity index is 706. The lowest BCUT2D eigenvalue weighted by Crippen LogP contribution is -2.37. The Morgan fingerprint density at radius 2 is 2.27 bits per heavy atom. The summed E-state index contributed by atoms with van der Waals surface area (Å²) < 4.78 is 28.7. The minimum atomic E-state index is -2.91. The van der Waals surface area contributed by atoms with E-state index in [1.54, 1.807) is 6.20 Å². The van der Waals surface area contributed by atoms with Crippen molar-refractivity contribution in [2.24, 2.45) is 5.92 Å². The van der Waals surface area contributed by atoms with E-state index in [9.17, 15) is 8.42 Å². The molecular formula is C15H21N3O3S. The standard InChI is InChI=1S/C15H21N3O3S/c1-22(19,20)11-12-3-2-8-18(9-12)10-13-4-5-15(21-13)14-6-7-16-17-14/h4-7,12H,2-3,8-11H2,1H3,(H,16,17)/t12-/m1/s1. The first-order valence-electron chi connectivity index (χ1n) is 7.48. The molecule has 0 bridgehead atoms. The van der Waals surface area contributed by atoms with Gasteiger partial charge in [0.25, 0.3) is 0 Å². The number of nitrogens with zero attached hydrogens (tertiary/aromatic N) is 2. The van der Waals surface area contributed by atoms with Crippen LogP contribution in [0.3, 0.4) is 0 Å². The third-order valence-corrected chi connectivity index (χ3v) is 5.03. The van der Waals surface area contributed by atoms with Crippen molar-refractivity contribution < 1.29 is 12.8 Å². The van der Waals surface area contributed by atoms with E-state index in [0.29, 0.717) is 6.54 Å². The molecule has 0 saturated carbocycles. The molecule has 1 N–H and O–H groups in total. The molecule has 7 heteroatoms. The molecule has 2 aromatic rings. The molecule has 1 atom stereocenters. The maximum Gasteiger partial charge on any atom is 0.152 e. The zero-order valence-corrected chi connectivity index (χ0v) is 13.5. The van der Waals surface area contributed by atoms with Crippen LogP contribution in [0.25, 0.3) is 11.5 Å². The number of furan rings is 1. The highest BCUT2D eigenvalue weighted by molar-refractivity contribution is 7.90. The second-order valence-electron chi connectivity index (χ2n) is 6.07. The zero-order valence-electron chi connectivity index (χ0n) is 12.7. The summed E-state index contributed by atoms with van der Waals surface area (Å²) in [4.78, 5) is 2.27. The fourth-order valence-corrected chi connectivity index (χ4v) is 4.21. The van der Waals surface area contributed by atoms with Gasteiger partial charge in [-0.1, -0.05) is 0 Å². The summed E-state index contributed by atoms with van der Waals surface area (Å²) in [5, 5.41) is 6.79. The van der Waals surface area contributed by atoms with E-state index in [2.05, 4.69) is 15.1 Å². The maximum atomic E-state index is 11.5. The van der Waals surface area contributed by atoms with Crippen LogP contribution in [0.5, 0.6) is 0 Å². The smallest absolute Gasteiger partial charge is 0.152 e. The van der Waals surface area contributed by atoms with Gasteiger partial charge in [0.1, 0.15) is 21.3 Å². The second-order valence-corrected chi connectivity index (χ2v) is 8.26. The monoisotopic (exact) mass is 323 g/mol. The third kappa shape index (κ3) is 3.98. The summed E-state index contributed by atoms with van der Waals surface area (Å²) in [6.45, 7) is 2.52.